The molecule has 3 atom stereocenters. The average molecular weight is 259 g/mol. The highest BCUT2D eigenvalue weighted by atomic mass is 15.0. The molecule has 2 rings (SSSR count). The molecule has 1 saturated carbocycles. The van der Waals surface area contributed by atoms with E-state index in [1.165, 1.54) is 48.8 Å². The molecule has 1 heteroatoms. The lowest BCUT2D eigenvalue weighted by Crippen LogP contribution is -2.39. The van der Waals surface area contributed by atoms with E-state index in [0.29, 0.717) is 12.1 Å². The summed E-state index contributed by atoms with van der Waals surface area (Å²) in [4.78, 5) is 0. The summed E-state index contributed by atoms with van der Waals surface area (Å²) in [6.07, 6.45) is 6.90. The van der Waals surface area contributed by atoms with E-state index in [0.717, 1.165) is 5.92 Å². The van der Waals surface area contributed by atoms with Crippen LogP contribution in [0.1, 0.15) is 68.7 Å². The van der Waals surface area contributed by atoms with E-state index in [2.05, 4.69) is 51.2 Å². The first-order valence-electron chi connectivity index (χ1n) is 7.95. The van der Waals surface area contributed by atoms with Crippen molar-refractivity contribution in [3.63, 3.8) is 0 Å². The Bertz CT molecular complexity index is 410. The van der Waals surface area contributed by atoms with Gasteiger partial charge in [-0.15, -0.1) is 0 Å². The quantitative estimate of drug-likeness (QED) is 0.809. The summed E-state index contributed by atoms with van der Waals surface area (Å²) < 4.78 is 0. The first-order valence-corrected chi connectivity index (χ1v) is 7.95. The molecule has 1 fully saturated rings. The minimum atomic E-state index is 0.469. The molecule has 0 heterocycles. The number of hydrogen-bond acceptors (Lipinski definition) is 1. The molecule has 0 radical (unpaired) electrons. The molecule has 0 bridgehead atoms. The van der Waals surface area contributed by atoms with Gasteiger partial charge in [-0.1, -0.05) is 49.9 Å². The van der Waals surface area contributed by atoms with Crippen LogP contribution in [-0.2, 0) is 0 Å². The average Bonchev–Trinajstić information content (AvgIpc) is 2.42. The predicted molar refractivity (Wildman–Crippen MR) is 83.5 cm³/mol. The maximum absolute atomic E-state index is 3.90. The minimum absolute atomic E-state index is 0.469. The number of nitrogens with one attached hydrogen (secondary N) is 1. The summed E-state index contributed by atoms with van der Waals surface area (Å²) in [7, 11) is 0. The van der Waals surface area contributed by atoms with Gasteiger partial charge in [-0.05, 0) is 50.7 Å². The summed E-state index contributed by atoms with van der Waals surface area (Å²) in [5, 5.41) is 3.90. The molecule has 3 unspecified atom stereocenters. The van der Waals surface area contributed by atoms with Crippen LogP contribution in [0.2, 0.25) is 0 Å². The van der Waals surface area contributed by atoms with Crippen molar-refractivity contribution in [3.05, 3.63) is 34.9 Å². The van der Waals surface area contributed by atoms with Crippen LogP contribution in [0.25, 0.3) is 0 Å². The van der Waals surface area contributed by atoms with Gasteiger partial charge < -0.3 is 5.32 Å². The van der Waals surface area contributed by atoms with Crippen molar-refractivity contribution in [2.24, 2.45) is 5.92 Å². The standard InChI is InChI=1S/C18H29N/c1-5-16-8-6-7-9-18(16)19-15(4)17-12-13(2)10-11-14(17)3/h10-12,15-16,18-19H,5-9H2,1-4H3. The summed E-state index contributed by atoms with van der Waals surface area (Å²) in [5.74, 6) is 0.876. The first-order chi connectivity index (χ1) is 9.11. The Hall–Kier alpha value is -0.820. The second kappa shape index (κ2) is 6.56. The van der Waals surface area contributed by atoms with E-state index < -0.39 is 0 Å². The smallest absolute Gasteiger partial charge is 0.0297 e. The van der Waals surface area contributed by atoms with Crippen LogP contribution >= 0.6 is 0 Å². The van der Waals surface area contributed by atoms with Crippen LogP contribution in [-0.4, -0.2) is 6.04 Å². The van der Waals surface area contributed by atoms with Crippen LogP contribution in [0.4, 0.5) is 0 Å². The summed E-state index contributed by atoms with van der Waals surface area (Å²) in [5.41, 5.74) is 4.25. The van der Waals surface area contributed by atoms with Crippen molar-refractivity contribution in [1.29, 1.82) is 0 Å². The van der Waals surface area contributed by atoms with Crippen LogP contribution < -0.4 is 5.32 Å². The molecule has 0 amide bonds. The summed E-state index contributed by atoms with van der Waals surface area (Å²) in [6.45, 7) is 9.08. The van der Waals surface area contributed by atoms with Gasteiger partial charge in [0, 0.05) is 12.1 Å². The topological polar surface area (TPSA) is 12.0 Å². The van der Waals surface area contributed by atoms with Gasteiger partial charge in [-0.25, -0.2) is 0 Å². The molecule has 1 aliphatic carbocycles. The second-order valence-electron chi connectivity index (χ2n) is 6.31. The zero-order valence-electron chi connectivity index (χ0n) is 13.0. The lowest BCUT2D eigenvalue weighted by Gasteiger charge is -2.34. The third kappa shape index (κ3) is 3.60. The molecule has 0 aromatic heterocycles. The van der Waals surface area contributed by atoms with Crippen LogP contribution in [0.5, 0.6) is 0 Å². The predicted octanol–water partition coefficient (Wildman–Crippen LogP) is 4.92. The van der Waals surface area contributed by atoms with Crippen LogP contribution in [0.15, 0.2) is 18.2 Å². The molecule has 0 aliphatic heterocycles. The second-order valence-corrected chi connectivity index (χ2v) is 6.31. The maximum atomic E-state index is 3.90. The Morgan fingerprint density at radius 2 is 1.95 bits per heavy atom. The molecule has 1 N–H and O–H groups in total. The van der Waals surface area contributed by atoms with Gasteiger partial charge in [0.05, 0.1) is 0 Å². The zero-order chi connectivity index (χ0) is 13.8. The monoisotopic (exact) mass is 259 g/mol. The Labute approximate surface area is 118 Å². The van der Waals surface area contributed by atoms with Crippen molar-refractivity contribution >= 4 is 0 Å². The normalized spacial score (nSPS) is 25.3. The number of aryl methyl sites for hydroxylation is 2. The molecule has 19 heavy (non-hydrogen) atoms. The molecular formula is C18H29N. The Balaban J connectivity index is 2.07. The van der Waals surface area contributed by atoms with E-state index in [9.17, 15) is 0 Å². The molecule has 1 nitrogen and oxygen atoms in total. The molecule has 1 aromatic carbocycles. The van der Waals surface area contributed by atoms with Crippen LogP contribution in [0.3, 0.4) is 0 Å². The highest BCUT2D eigenvalue weighted by Gasteiger charge is 2.25. The first kappa shape index (κ1) is 14.6. The molecule has 0 spiro atoms. The third-order valence-corrected chi connectivity index (χ3v) is 4.80. The van der Waals surface area contributed by atoms with Crippen molar-refractivity contribution < 1.29 is 0 Å². The fourth-order valence-corrected chi connectivity index (χ4v) is 3.55. The number of benzene rings is 1. The lowest BCUT2D eigenvalue weighted by molar-refractivity contribution is 0.240. The van der Waals surface area contributed by atoms with Gasteiger partial charge in [-0.3, -0.25) is 0 Å². The zero-order valence-corrected chi connectivity index (χ0v) is 13.0. The van der Waals surface area contributed by atoms with E-state index >= 15 is 0 Å². The summed E-state index contributed by atoms with van der Waals surface area (Å²) in [6, 6.07) is 7.99. The lowest BCUT2D eigenvalue weighted by atomic mass is 9.82. The van der Waals surface area contributed by atoms with E-state index in [1.807, 2.05) is 0 Å². The van der Waals surface area contributed by atoms with Crippen molar-refractivity contribution in [2.45, 2.75) is 71.9 Å². The van der Waals surface area contributed by atoms with E-state index in [1.54, 1.807) is 0 Å². The SMILES string of the molecule is CCC1CCCCC1NC(C)c1cc(C)ccc1C. The Kier molecular flexibility index (Phi) is 5.04. The van der Waals surface area contributed by atoms with Crippen molar-refractivity contribution in [1.82, 2.24) is 5.32 Å². The van der Waals surface area contributed by atoms with Gasteiger partial charge in [0.25, 0.3) is 0 Å². The molecule has 106 valence electrons. The minimum Gasteiger partial charge on any atom is -0.307 e. The van der Waals surface area contributed by atoms with E-state index in [-0.39, 0.29) is 0 Å². The Morgan fingerprint density at radius 1 is 1.21 bits per heavy atom. The summed E-state index contributed by atoms with van der Waals surface area (Å²) >= 11 is 0. The van der Waals surface area contributed by atoms with Gasteiger partial charge in [0.1, 0.15) is 0 Å². The molecule has 0 saturated heterocycles. The fraction of sp³-hybridized carbons (Fsp3) is 0.667. The van der Waals surface area contributed by atoms with Crippen LogP contribution in [0, 0.1) is 19.8 Å². The highest BCUT2D eigenvalue weighted by molar-refractivity contribution is 5.32. The van der Waals surface area contributed by atoms with Gasteiger partial charge in [0.15, 0.2) is 0 Å². The van der Waals surface area contributed by atoms with Gasteiger partial charge in [0.2, 0.25) is 0 Å². The molecular weight excluding hydrogens is 230 g/mol. The van der Waals surface area contributed by atoms with Gasteiger partial charge >= 0.3 is 0 Å². The van der Waals surface area contributed by atoms with E-state index in [4.69, 9.17) is 0 Å². The highest BCUT2D eigenvalue weighted by Crippen LogP contribution is 2.29. The van der Waals surface area contributed by atoms with Crippen molar-refractivity contribution in [2.75, 3.05) is 0 Å². The largest absolute Gasteiger partial charge is 0.307 e. The van der Waals surface area contributed by atoms with Gasteiger partial charge in [-0.2, -0.15) is 0 Å². The molecule has 1 aliphatic rings. The maximum Gasteiger partial charge on any atom is 0.0297 e. The van der Waals surface area contributed by atoms with Crippen molar-refractivity contribution in [3.8, 4) is 0 Å². The fourth-order valence-electron chi connectivity index (χ4n) is 3.55. The molecule has 1 aromatic rings. The number of rotatable bonds is 4. The third-order valence-electron chi connectivity index (χ3n) is 4.80. The number of hydrogen-bond donors (Lipinski definition) is 1. The Morgan fingerprint density at radius 3 is 2.68 bits per heavy atom.